The molecule has 0 atom stereocenters. The van der Waals surface area contributed by atoms with E-state index in [0.29, 0.717) is 0 Å². The van der Waals surface area contributed by atoms with Crippen molar-refractivity contribution in [1.82, 2.24) is 0 Å². The summed E-state index contributed by atoms with van der Waals surface area (Å²) in [5, 5.41) is -6.45. The van der Waals surface area contributed by atoms with Gasteiger partial charge in [0.2, 0.25) is 0 Å². The third-order valence-electron chi connectivity index (χ3n) is 10.3. The van der Waals surface area contributed by atoms with E-state index in [4.69, 9.17) is 34.6 Å². The molecule has 13 aromatic rings. The van der Waals surface area contributed by atoms with Crippen molar-refractivity contribution >= 4 is 82.1 Å². The summed E-state index contributed by atoms with van der Waals surface area (Å²) in [5.41, 5.74) is -13.2. The maximum absolute atomic E-state index is 9.88. The zero-order valence-electron chi connectivity index (χ0n) is 73.9. The van der Waals surface area contributed by atoms with Crippen LogP contribution in [0.2, 0.25) is 0 Å². The Morgan fingerprint density at radius 2 is 0.636 bits per heavy atom. The Morgan fingerprint density at radius 3 is 1.18 bits per heavy atom. The Kier molecular flexibility index (Phi) is 3.51. The molecular weight excluding hydrogens is 799 g/mol. The zero-order valence-corrected chi connectivity index (χ0v) is 32.9. The molecule has 0 unspecified atom stereocenters. The van der Waals surface area contributed by atoms with Crippen molar-refractivity contribution in [1.29, 1.82) is 0 Å². The third-order valence-corrected chi connectivity index (χ3v) is 10.3. The van der Waals surface area contributed by atoms with Crippen LogP contribution in [0.5, 0.6) is 0 Å². The Labute approximate surface area is 440 Å². The molecule has 0 amide bonds. The van der Waals surface area contributed by atoms with Gasteiger partial charge in [0.05, 0.1) is 56.2 Å². The van der Waals surface area contributed by atoms with Gasteiger partial charge in [-0.2, -0.15) is 0 Å². The van der Waals surface area contributed by atoms with Gasteiger partial charge in [-0.15, -0.1) is 0 Å². The number of hydrogen-bond donors (Lipinski definition) is 0. The van der Waals surface area contributed by atoms with E-state index in [1.165, 1.54) is 0 Å². The molecule has 0 fully saturated rings. The summed E-state index contributed by atoms with van der Waals surface area (Å²) in [7, 11) is 0. The number of hydrogen-bond acceptors (Lipinski definition) is 2. The minimum Gasteiger partial charge on any atom is -0.456 e. The number of furan rings is 1. The van der Waals surface area contributed by atoms with E-state index < -0.39 is 374 Å². The van der Waals surface area contributed by atoms with Crippen LogP contribution in [0.25, 0.3) is 110 Å². The maximum Gasteiger partial charge on any atom is 0.136 e. The van der Waals surface area contributed by atoms with E-state index in [2.05, 4.69) is 0 Å². The summed E-state index contributed by atoms with van der Waals surface area (Å²) >= 11 is 0. The zero-order chi connectivity index (χ0) is 79.2. The summed E-state index contributed by atoms with van der Waals surface area (Å²) in [6, 6.07) is -45.1. The van der Waals surface area contributed by atoms with Crippen molar-refractivity contribution in [3.63, 3.8) is 0 Å². The normalized spacial score (nSPS) is 20.3. The maximum atomic E-state index is 9.88. The van der Waals surface area contributed by atoms with Gasteiger partial charge in [-0.3, -0.25) is 0 Å². The van der Waals surface area contributed by atoms with E-state index in [1.54, 1.807) is 0 Å². The smallest absolute Gasteiger partial charge is 0.136 e. The molecule has 0 saturated heterocycles. The standard InChI is InChI=1S/C64H41NO/c1-3-12-52-44(10-1)32-40-59-54(15-7-18-57(52)59)46-24-22-42(23-25-46)43-26-34-49(35-27-43)65(51-38-30-48(31-39-51)56-17-9-21-63-64(56)61-14-5-6-20-62(61)66-63)50-36-28-47(29-37-50)55-16-8-19-58-53-13-4-2-11-45(53)33-41-60(55)58/h1-41H/i1D,2D,3D,4D,5D,6D,7D,8D,9D,10D,11D,12D,13D,14D,15D,16D,17D,18D,19D,20D,21D,22D,23D,24D,25D,26D,27D,28D,29D,30D,31D,32D,33D,34D,35D,36D,37D,38D,39D,40D,41D. The topological polar surface area (TPSA) is 16.4 Å². The summed E-state index contributed by atoms with van der Waals surface area (Å²) in [6.07, 6.45) is 0. The Morgan fingerprint density at radius 1 is 0.258 bits per heavy atom. The summed E-state index contributed by atoms with van der Waals surface area (Å²) in [6.45, 7) is 0. The molecule has 1 aromatic heterocycles. The summed E-state index contributed by atoms with van der Waals surface area (Å²) in [5.74, 6) is 0. The number of rotatable bonds is 7. The number of nitrogens with zero attached hydrogens (tertiary/aromatic N) is 1. The predicted octanol–water partition coefficient (Wildman–Crippen LogP) is 18.3. The van der Waals surface area contributed by atoms with Gasteiger partial charge in [-0.05, 0) is 136 Å². The van der Waals surface area contributed by atoms with E-state index in [0.717, 1.165) is 0 Å². The van der Waals surface area contributed by atoms with E-state index in [1.807, 2.05) is 0 Å². The van der Waals surface area contributed by atoms with Crippen LogP contribution in [0.1, 0.15) is 56.2 Å². The lowest BCUT2D eigenvalue weighted by Crippen LogP contribution is -2.09. The molecule has 0 radical (unpaired) electrons. The molecule has 1 heterocycles. The highest BCUT2D eigenvalue weighted by Gasteiger charge is 2.17. The van der Waals surface area contributed by atoms with Gasteiger partial charge >= 0.3 is 0 Å². The van der Waals surface area contributed by atoms with Crippen molar-refractivity contribution in [2.75, 3.05) is 4.90 Å². The van der Waals surface area contributed by atoms with Crippen LogP contribution in [-0.4, -0.2) is 0 Å². The fourth-order valence-corrected chi connectivity index (χ4v) is 7.32. The van der Waals surface area contributed by atoms with E-state index in [-0.39, 0.29) is 4.90 Å². The van der Waals surface area contributed by atoms with E-state index >= 15 is 0 Å². The lowest BCUT2D eigenvalue weighted by Gasteiger charge is -2.26. The second-order valence-electron chi connectivity index (χ2n) is 14.0. The van der Waals surface area contributed by atoms with Crippen LogP contribution in [0.15, 0.2) is 252 Å². The van der Waals surface area contributed by atoms with Crippen LogP contribution in [-0.2, 0) is 0 Å². The molecule has 0 saturated carbocycles. The second-order valence-corrected chi connectivity index (χ2v) is 14.0. The molecule has 2 heteroatoms. The van der Waals surface area contributed by atoms with Crippen molar-refractivity contribution in [3.8, 4) is 44.5 Å². The quantitative estimate of drug-likeness (QED) is 0.148. The number of benzene rings is 12. The Balaban J connectivity index is 1.14. The molecule has 0 spiro atoms. The van der Waals surface area contributed by atoms with E-state index in [9.17, 15) is 26.0 Å². The number of anilines is 3. The fourth-order valence-electron chi connectivity index (χ4n) is 7.32. The molecule has 308 valence electrons. The van der Waals surface area contributed by atoms with Crippen LogP contribution in [0.4, 0.5) is 17.1 Å². The first-order valence-electron chi connectivity index (χ1n) is 39.8. The first kappa shape index (κ1) is 14.9. The van der Waals surface area contributed by atoms with Gasteiger partial charge in [0.25, 0.3) is 0 Å². The summed E-state index contributed by atoms with van der Waals surface area (Å²) in [4.78, 5) is 0.185. The minimum absolute atomic E-state index is 0.185. The van der Waals surface area contributed by atoms with Gasteiger partial charge < -0.3 is 9.32 Å². The van der Waals surface area contributed by atoms with Gasteiger partial charge in [-0.1, -0.05) is 199 Å². The Bertz CT molecular complexity index is 6340. The first-order valence-corrected chi connectivity index (χ1v) is 19.3. The molecule has 0 aliphatic heterocycles. The number of para-hydroxylation sites is 1. The van der Waals surface area contributed by atoms with Crippen LogP contribution in [0.3, 0.4) is 0 Å². The average molecular weight is 881 g/mol. The molecule has 0 aliphatic rings. The molecule has 0 bridgehead atoms. The molecule has 2 nitrogen and oxygen atoms in total. The lowest BCUT2D eigenvalue weighted by molar-refractivity contribution is 0.669. The predicted molar refractivity (Wildman–Crippen MR) is 280 cm³/mol. The van der Waals surface area contributed by atoms with Gasteiger partial charge in [0, 0.05) is 27.8 Å². The average Bonchev–Trinajstić information content (AvgIpc) is 1.27. The third kappa shape index (κ3) is 6.34. The van der Waals surface area contributed by atoms with Crippen molar-refractivity contribution in [2.45, 2.75) is 0 Å². The molecule has 13 rings (SSSR count). The molecule has 0 aliphatic carbocycles. The van der Waals surface area contributed by atoms with Gasteiger partial charge in [0.1, 0.15) is 11.2 Å². The fraction of sp³-hybridized carbons (Fsp3) is 0. The highest BCUT2D eigenvalue weighted by Crippen LogP contribution is 2.42. The number of fused-ring (bicyclic) bond motifs is 9. The Hall–Kier alpha value is -8.72. The van der Waals surface area contributed by atoms with Crippen molar-refractivity contribution < 1.29 is 60.6 Å². The first-order chi connectivity index (χ1) is 49.8. The monoisotopic (exact) mass is 881 g/mol. The van der Waals surface area contributed by atoms with Crippen molar-refractivity contribution in [3.05, 3.63) is 248 Å². The van der Waals surface area contributed by atoms with Crippen LogP contribution >= 0.6 is 0 Å². The minimum atomic E-state index is -1.46. The van der Waals surface area contributed by atoms with Crippen LogP contribution in [0, 0.1) is 0 Å². The van der Waals surface area contributed by atoms with Crippen molar-refractivity contribution in [2.24, 2.45) is 0 Å². The molecule has 66 heavy (non-hydrogen) atoms. The molecule has 0 N–H and O–H groups in total. The van der Waals surface area contributed by atoms with Gasteiger partial charge in [0.15, 0.2) is 0 Å². The SMILES string of the molecule is [2H]c1c([2H])c(-c2c([2H])c([2H])c([2H])c3c2c([2H])c([2H])c2c([2H])c([2H])c([2H])c([2H])c23)c([2H])c([2H])c1-c1c([2H])c([2H])c(N(c2c([2H])c([2H])c(-c3c([2H])c([2H])c([2H])c4c3c([2H])c([2H])c3c([2H])c([2H])c([2H])c([2H])c34)c([2H])c2[2H])c2c([2H])c([2H])c(-c3c([2H])c([2H])c([2H])c4oc5c([2H])c([2H])c([2H])c([2H])c5c34)c([2H])c2[2H])c([2H])c1[2H]. The molecular formula is C64H41NO. The van der Waals surface area contributed by atoms with Gasteiger partial charge in [-0.25, -0.2) is 0 Å². The lowest BCUT2D eigenvalue weighted by atomic mass is 9.93. The largest absolute Gasteiger partial charge is 0.456 e. The molecule has 12 aromatic carbocycles. The summed E-state index contributed by atoms with van der Waals surface area (Å²) < 4.78 is 382. The van der Waals surface area contributed by atoms with Crippen LogP contribution < -0.4 is 4.90 Å². The second kappa shape index (κ2) is 15.5. The highest BCUT2D eigenvalue weighted by atomic mass is 16.3. The highest BCUT2D eigenvalue weighted by molar-refractivity contribution is 6.14.